The summed E-state index contributed by atoms with van der Waals surface area (Å²) in [6.07, 6.45) is 9.63. The predicted molar refractivity (Wildman–Crippen MR) is 103 cm³/mol. The van der Waals surface area contributed by atoms with Crippen molar-refractivity contribution in [2.45, 2.75) is 38.6 Å². The molecule has 1 aromatic heterocycles. The normalized spacial score (nSPS) is 18.7. The summed E-state index contributed by atoms with van der Waals surface area (Å²) in [7, 11) is 0. The topological polar surface area (TPSA) is 77.8 Å². The van der Waals surface area contributed by atoms with Crippen LogP contribution in [0.5, 0.6) is 0 Å². The van der Waals surface area contributed by atoms with Crippen LogP contribution >= 0.6 is 0 Å². The molecule has 2 heterocycles. The fourth-order valence-corrected chi connectivity index (χ4v) is 3.61. The Morgan fingerprint density at radius 1 is 1.11 bits per heavy atom. The van der Waals surface area contributed by atoms with Gasteiger partial charge in [-0.2, -0.15) is 0 Å². The van der Waals surface area contributed by atoms with Gasteiger partial charge in [-0.1, -0.05) is 11.6 Å². The van der Waals surface area contributed by atoms with Crippen LogP contribution in [-0.2, 0) is 11.3 Å². The summed E-state index contributed by atoms with van der Waals surface area (Å²) >= 11 is 0. The molecular weight excluding hydrogens is 344 g/mol. The predicted octanol–water partition coefficient (Wildman–Crippen LogP) is 2.11. The smallest absolute Gasteiger partial charge is 0.321 e. The maximum atomic E-state index is 12.1. The number of hydrogen-bond donors (Lipinski definition) is 2. The number of imide groups is 1. The monoisotopic (exact) mass is 374 g/mol. The van der Waals surface area contributed by atoms with Crippen LogP contribution in [-0.4, -0.2) is 61.0 Å². The van der Waals surface area contributed by atoms with Gasteiger partial charge in [-0.3, -0.25) is 19.9 Å². The van der Waals surface area contributed by atoms with E-state index in [1.54, 1.807) is 6.26 Å². The molecule has 0 spiro atoms. The number of furan rings is 1. The number of urea groups is 1. The van der Waals surface area contributed by atoms with Crippen molar-refractivity contribution in [1.82, 2.24) is 20.4 Å². The van der Waals surface area contributed by atoms with Crippen molar-refractivity contribution >= 4 is 11.9 Å². The second-order valence-corrected chi connectivity index (χ2v) is 7.29. The first-order valence-corrected chi connectivity index (χ1v) is 9.92. The molecule has 1 fully saturated rings. The van der Waals surface area contributed by atoms with E-state index in [4.69, 9.17) is 4.42 Å². The summed E-state index contributed by atoms with van der Waals surface area (Å²) < 4.78 is 5.37. The van der Waals surface area contributed by atoms with Crippen molar-refractivity contribution in [1.29, 1.82) is 0 Å². The summed E-state index contributed by atoms with van der Waals surface area (Å²) in [6.45, 7) is 5.02. The fraction of sp³-hybridized carbons (Fsp3) is 0.600. The first-order chi connectivity index (χ1) is 13.2. The second-order valence-electron chi connectivity index (χ2n) is 7.29. The standard InChI is InChI=1S/C20H30N4O3/c25-19(22-20(26)21-9-8-17-5-2-1-3-6-17)16-24-12-10-23(11-13-24)15-18-7-4-14-27-18/h4-5,7,14H,1-3,6,8-13,15-16H2,(H2,21,22,25,26). The van der Waals surface area contributed by atoms with Crippen molar-refractivity contribution < 1.29 is 14.0 Å². The molecule has 7 nitrogen and oxygen atoms in total. The Balaban J connectivity index is 1.27. The number of hydrogen-bond acceptors (Lipinski definition) is 5. The number of carbonyl (C=O) groups is 2. The summed E-state index contributed by atoms with van der Waals surface area (Å²) in [5, 5.41) is 5.21. The third-order valence-corrected chi connectivity index (χ3v) is 5.16. The lowest BCUT2D eigenvalue weighted by atomic mass is 9.97. The van der Waals surface area contributed by atoms with Crippen molar-refractivity contribution in [2.24, 2.45) is 0 Å². The molecule has 0 aromatic carbocycles. The molecule has 1 aromatic rings. The number of nitrogens with one attached hydrogen (secondary N) is 2. The molecule has 2 aliphatic rings. The molecule has 3 amide bonds. The average molecular weight is 374 g/mol. The Labute approximate surface area is 160 Å². The van der Waals surface area contributed by atoms with Gasteiger partial charge in [0.1, 0.15) is 5.76 Å². The summed E-state index contributed by atoms with van der Waals surface area (Å²) in [5.41, 5.74) is 1.42. The maximum absolute atomic E-state index is 12.1. The average Bonchev–Trinajstić information content (AvgIpc) is 3.17. The Kier molecular flexibility index (Phi) is 7.47. The van der Waals surface area contributed by atoms with Crippen LogP contribution in [0.1, 0.15) is 37.9 Å². The first-order valence-electron chi connectivity index (χ1n) is 9.92. The molecule has 0 saturated carbocycles. The molecule has 148 valence electrons. The van der Waals surface area contributed by atoms with E-state index in [9.17, 15) is 9.59 Å². The van der Waals surface area contributed by atoms with Gasteiger partial charge in [-0.15, -0.1) is 0 Å². The molecule has 0 unspecified atom stereocenters. The minimum absolute atomic E-state index is 0.246. The van der Waals surface area contributed by atoms with E-state index in [1.807, 2.05) is 12.1 Å². The molecular formula is C20H30N4O3. The molecule has 2 N–H and O–H groups in total. The highest BCUT2D eigenvalue weighted by Crippen LogP contribution is 2.19. The highest BCUT2D eigenvalue weighted by atomic mass is 16.3. The number of carbonyl (C=O) groups excluding carboxylic acids is 2. The number of nitrogens with zero attached hydrogens (tertiary/aromatic N) is 2. The lowest BCUT2D eigenvalue weighted by molar-refractivity contribution is -0.121. The van der Waals surface area contributed by atoms with Crippen molar-refractivity contribution in [3.63, 3.8) is 0 Å². The fourth-order valence-electron chi connectivity index (χ4n) is 3.61. The van der Waals surface area contributed by atoms with E-state index >= 15 is 0 Å². The lowest BCUT2D eigenvalue weighted by Crippen LogP contribution is -2.50. The van der Waals surface area contributed by atoms with Gasteiger partial charge < -0.3 is 9.73 Å². The van der Waals surface area contributed by atoms with E-state index in [1.165, 1.54) is 18.4 Å². The van der Waals surface area contributed by atoms with Gasteiger partial charge in [0.2, 0.25) is 5.91 Å². The Bertz CT molecular complexity index is 634. The molecule has 0 radical (unpaired) electrons. The van der Waals surface area contributed by atoms with Crippen LogP contribution < -0.4 is 10.6 Å². The van der Waals surface area contributed by atoms with Crippen molar-refractivity contribution in [2.75, 3.05) is 39.3 Å². The quantitative estimate of drug-likeness (QED) is 0.715. The largest absolute Gasteiger partial charge is 0.468 e. The van der Waals surface area contributed by atoms with Gasteiger partial charge in [0, 0.05) is 32.7 Å². The maximum Gasteiger partial charge on any atom is 0.321 e. The summed E-state index contributed by atoms with van der Waals surface area (Å²) in [4.78, 5) is 28.3. The zero-order chi connectivity index (χ0) is 18.9. The minimum Gasteiger partial charge on any atom is -0.468 e. The number of amides is 3. The number of rotatable bonds is 7. The van der Waals surface area contributed by atoms with Gasteiger partial charge in [-0.25, -0.2) is 4.79 Å². The molecule has 1 saturated heterocycles. The van der Waals surface area contributed by atoms with Crippen molar-refractivity contribution in [3.8, 4) is 0 Å². The van der Waals surface area contributed by atoms with Crippen LogP contribution in [0.25, 0.3) is 0 Å². The molecule has 1 aliphatic carbocycles. The lowest BCUT2D eigenvalue weighted by Gasteiger charge is -2.33. The van der Waals surface area contributed by atoms with Crippen LogP contribution in [0.2, 0.25) is 0 Å². The Morgan fingerprint density at radius 3 is 2.63 bits per heavy atom. The van der Waals surface area contributed by atoms with E-state index < -0.39 is 6.03 Å². The highest BCUT2D eigenvalue weighted by Gasteiger charge is 2.20. The van der Waals surface area contributed by atoms with Crippen LogP contribution in [0.15, 0.2) is 34.5 Å². The molecule has 27 heavy (non-hydrogen) atoms. The van der Waals surface area contributed by atoms with Crippen LogP contribution in [0, 0.1) is 0 Å². The zero-order valence-corrected chi connectivity index (χ0v) is 15.9. The molecule has 3 rings (SSSR count). The number of allylic oxidation sites excluding steroid dienone is 1. The van der Waals surface area contributed by atoms with E-state index in [0.717, 1.165) is 57.7 Å². The van der Waals surface area contributed by atoms with Gasteiger partial charge in [-0.05, 0) is 44.2 Å². The Morgan fingerprint density at radius 2 is 1.93 bits per heavy atom. The van der Waals surface area contributed by atoms with Gasteiger partial charge in [0.25, 0.3) is 0 Å². The molecule has 0 atom stereocenters. The SMILES string of the molecule is O=C(CN1CCN(Cc2ccco2)CC1)NC(=O)NCCC1=CCCCC1. The zero-order valence-electron chi connectivity index (χ0n) is 15.9. The van der Waals surface area contributed by atoms with E-state index in [-0.39, 0.29) is 12.5 Å². The van der Waals surface area contributed by atoms with E-state index in [0.29, 0.717) is 6.54 Å². The summed E-state index contributed by atoms with van der Waals surface area (Å²) in [5.74, 6) is 0.714. The third-order valence-electron chi connectivity index (χ3n) is 5.16. The first kappa shape index (κ1) is 19.6. The number of piperazine rings is 1. The van der Waals surface area contributed by atoms with Gasteiger partial charge in [0.05, 0.1) is 19.4 Å². The third kappa shape index (κ3) is 6.84. The molecule has 7 heteroatoms. The van der Waals surface area contributed by atoms with Crippen LogP contribution in [0.3, 0.4) is 0 Å². The second kappa shape index (κ2) is 10.3. The van der Waals surface area contributed by atoms with Gasteiger partial charge in [0.15, 0.2) is 0 Å². The van der Waals surface area contributed by atoms with Gasteiger partial charge >= 0.3 is 6.03 Å². The summed E-state index contributed by atoms with van der Waals surface area (Å²) in [6, 6.07) is 3.48. The Hall–Kier alpha value is -2.12. The molecule has 0 bridgehead atoms. The highest BCUT2D eigenvalue weighted by molar-refractivity contribution is 5.95. The van der Waals surface area contributed by atoms with E-state index in [2.05, 4.69) is 26.5 Å². The minimum atomic E-state index is -0.395. The van der Waals surface area contributed by atoms with Crippen LogP contribution in [0.4, 0.5) is 4.79 Å². The van der Waals surface area contributed by atoms with Crippen molar-refractivity contribution in [3.05, 3.63) is 35.8 Å². The molecule has 1 aliphatic heterocycles.